The molecule has 0 fully saturated rings. The van der Waals surface area contributed by atoms with E-state index < -0.39 is 0 Å². The van der Waals surface area contributed by atoms with Gasteiger partial charge in [-0.1, -0.05) is 6.92 Å². The molecule has 0 aliphatic carbocycles. The Hall–Kier alpha value is -2.03. The van der Waals surface area contributed by atoms with E-state index in [4.69, 9.17) is 8.83 Å². The summed E-state index contributed by atoms with van der Waals surface area (Å²) in [4.78, 5) is 11.9. The third kappa shape index (κ3) is 1.33. The number of fused-ring (bicyclic) bond motifs is 2. The zero-order valence-electron chi connectivity index (χ0n) is 10.7. The van der Waals surface area contributed by atoms with E-state index in [1.165, 1.54) is 0 Å². The van der Waals surface area contributed by atoms with Gasteiger partial charge in [0.1, 0.15) is 11.2 Å². The molecule has 0 aliphatic rings. The third-order valence-electron chi connectivity index (χ3n) is 3.57. The quantitative estimate of drug-likeness (QED) is 0.611. The number of rotatable bonds is 1. The molecule has 1 aromatic carbocycles. The Balaban J connectivity index is 2.59. The van der Waals surface area contributed by atoms with Gasteiger partial charge in [0.25, 0.3) is 0 Å². The summed E-state index contributed by atoms with van der Waals surface area (Å²) in [6.45, 7) is 5.86. The van der Waals surface area contributed by atoms with E-state index in [-0.39, 0.29) is 5.63 Å². The molecule has 3 rings (SSSR count). The van der Waals surface area contributed by atoms with E-state index >= 15 is 0 Å². The monoisotopic (exact) mass is 242 g/mol. The van der Waals surface area contributed by atoms with Gasteiger partial charge >= 0.3 is 5.63 Å². The van der Waals surface area contributed by atoms with Crippen LogP contribution >= 0.6 is 0 Å². The SMILES string of the molecule is CCc1c(C)c2cc3ccoc3c(C)c2oc1=O. The summed E-state index contributed by atoms with van der Waals surface area (Å²) in [5, 5.41) is 2.04. The molecule has 0 saturated carbocycles. The number of furan rings is 1. The molecular weight excluding hydrogens is 228 g/mol. The summed E-state index contributed by atoms with van der Waals surface area (Å²) in [5.41, 5.74) is 3.83. The smallest absolute Gasteiger partial charge is 0.339 e. The summed E-state index contributed by atoms with van der Waals surface area (Å²) in [6, 6.07) is 3.95. The Labute approximate surface area is 104 Å². The number of hydrogen-bond donors (Lipinski definition) is 0. The molecule has 3 aromatic rings. The zero-order chi connectivity index (χ0) is 12.9. The highest BCUT2D eigenvalue weighted by atomic mass is 16.4. The molecule has 3 nitrogen and oxygen atoms in total. The first-order chi connectivity index (χ1) is 8.63. The molecular formula is C15H14O3. The van der Waals surface area contributed by atoms with E-state index in [1.807, 2.05) is 32.9 Å². The molecule has 0 aliphatic heterocycles. The lowest BCUT2D eigenvalue weighted by Gasteiger charge is -2.08. The van der Waals surface area contributed by atoms with Gasteiger partial charge < -0.3 is 8.83 Å². The van der Waals surface area contributed by atoms with Crippen molar-refractivity contribution in [3.8, 4) is 0 Å². The van der Waals surface area contributed by atoms with Gasteiger partial charge in [0.05, 0.1) is 6.26 Å². The first kappa shape index (κ1) is 11.1. The van der Waals surface area contributed by atoms with Gasteiger partial charge in [-0.05, 0) is 38.0 Å². The van der Waals surface area contributed by atoms with Crippen molar-refractivity contribution in [2.24, 2.45) is 0 Å². The Morgan fingerprint density at radius 2 is 1.94 bits per heavy atom. The van der Waals surface area contributed by atoms with Crippen LogP contribution in [0.25, 0.3) is 21.9 Å². The van der Waals surface area contributed by atoms with E-state index in [9.17, 15) is 4.79 Å². The van der Waals surface area contributed by atoms with Crippen LogP contribution in [0.5, 0.6) is 0 Å². The summed E-state index contributed by atoms with van der Waals surface area (Å²) >= 11 is 0. The molecule has 0 N–H and O–H groups in total. The van der Waals surface area contributed by atoms with Gasteiger partial charge in [0.15, 0.2) is 0 Å². The molecule has 18 heavy (non-hydrogen) atoms. The molecule has 0 radical (unpaired) electrons. The Morgan fingerprint density at radius 1 is 1.17 bits per heavy atom. The number of hydrogen-bond acceptors (Lipinski definition) is 3. The van der Waals surface area contributed by atoms with Gasteiger partial charge in [-0.25, -0.2) is 4.79 Å². The predicted molar refractivity (Wildman–Crippen MR) is 71.1 cm³/mol. The van der Waals surface area contributed by atoms with E-state index in [1.54, 1.807) is 6.26 Å². The largest absolute Gasteiger partial charge is 0.464 e. The van der Waals surface area contributed by atoms with Crippen molar-refractivity contribution in [2.45, 2.75) is 27.2 Å². The predicted octanol–water partition coefficient (Wildman–Crippen LogP) is 3.72. The lowest BCUT2D eigenvalue weighted by molar-refractivity contribution is 0.546. The third-order valence-corrected chi connectivity index (χ3v) is 3.57. The van der Waals surface area contributed by atoms with Gasteiger partial charge in [-0.15, -0.1) is 0 Å². The molecule has 0 saturated heterocycles. The molecule has 2 heterocycles. The fourth-order valence-electron chi connectivity index (χ4n) is 2.55. The summed E-state index contributed by atoms with van der Waals surface area (Å²) < 4.78 is 10.9. The molecule has 2 aromatic heterocycles. The average Bonchev–Trinajstić information content (AvgIpc) is 2.80. The lowest BCUT2D eigenvalue weighted by Crippen LogP contribution is -2.09. The minimum Gasteiger partial charge on any atom is -0.464 e. The second kappa shape index (κ2) is 3.73. The van der Waals surface area contributed by atoms with Gasteiger partial charge in [-0.2, -0.15) is 0 Å². The van der Waals surface area contributed by atoms with Crippen LogP contribution in [-0.2, 0) is 6.42 Å². The highest BCUT2D eigenvalue weighted by Crippen LogP contribution is 2.30. The number of benzene rings is 1. The van der Waals surface area contributed by atoms with Crippen LogP contribution in [0.1, 0.15) is 23.6 Å². The summed E-state index contributed by atoms with van der Waals surface area (Å²) in [6.07, 6.45) is 2.34. The van der Waals surface area contributed by atoms with E-state index in [0.717, 1.165) is 33.0 Å². The molecule has 3 heteroatoms. The molecule has 0 atom stereocenters. The maximum absolute atomic E-state index is 11.9. The summed E-state index contributed by atoms with van der Waals surface area (Å²) in [5.74, 6) is 0. The van der Waals surface area contributed by atoms with Gasteiger partial charge in [0, 0.05) is 21.9 Å². The van der Waals surface area contributed by atoms with Crippen LogP contribution in [0.3, 0.4) is 0 Å². The van der Waals surface area contributed by atoms with Crippen molar-refractivity contribution in [3.05, 3.63) is 45.5 Å². The number of aryl methyl sites for hydroxylation is 2. The maximum atomic E-state index is 11.9. The van der Waals surface area contributed by atoms with Crippen molar-refractivity contribution in [3.63, 3.8) is 0 Å². The Bertz CT molecular complexity index is 806. The van der Waals surface area contributed by atoms with Crippen molar-refractivity contribution < 1.29 is 8.83 Å². The Morgan fingerprint density at radius 3 is 2.67 bits per heavy atom. The van der Waals surface area contributed by atoms with E-state index in [2.05, 4.69) is 0 Å². The van der Waals surface area contributed by atoms with Gasteiger partial charge in [0.2, 0.25) is 0 Å². The van der Waals surface area contributed by atoms with Crippen LogP contribution in [0.4, 0.5) is 0 Å². The molecule has 0 spiro atoms. The lowest BCUT2D eigenvalue weighted by atomic mass is 10.0. The highest BCUT2D eigenvalue weighted by Gasteiger charge is 2.14. The fraction of sp³-hybridized carbons (Fsp3) is 0.267. The van der Waals surface area contributed by atoms with Crippen LogP contribution in [0, 0.1) is 13.8 Å². The minimum absolute atomic E-state index is 0.239. The fourth-order valence-corrected chi connectivity index (χ4v) is 2.55. The minimum atomic E-state index is -0.239. The van der Waals surface area contributed by atoms with Crippen molar-refractivity contribution >= 4 is 21.9 Å². The van der Waals surface area contributed by atoms with Crippen LogP contribution in [-0.4, -0.2) is 0 Å². The van der Waals surface area contributed by atoms with E-state index in [0.29, 0.717) is 12.0 Å². The molecule has 0 amide bonds. The van der Waals surface area contributed by atoms with Crippen LogP contribution < -0.4 is 5.63 Å². The second-order valence-corrected chi connectivity index (χ2v) is 4.56. The average molecular weight is 242 g/mol. The Kier molecular flexibility index (Phi) is 2.30. The van der Waals surface area contributed by atoms with Gasteiger partial charge in [-0.3, -0.25) is 0 Å². The summed E-state index contributed by atoms with van der Waals surface area (Å²) in [7, 11) is 0. The van der Waals surface area contributed by atoms with Crippen LogP contribution in [0.2, 0.25) is 0 Å². The normalized spacial score (nSPS) is 11.5. The maximum Gasteiger partial charge on any atom is 0.339 e. The molecule has 0 unspecified atom stereocenters. The molecule has 92 valence electrons. The first-order valence-electron chi connectivity index (χ1n) is 6.06. The zero-order valence-corrected chi connectivity index (χ0v) is 10.7. The first-order valence-corrected chi connectivity index (χ1v) is 6.06. The van der Waals surface area contributed by atoms with Crippen molar-refractivity contribution in [1.29, 1.82) is 0 Å². The standard InChI is InChI=1S/C15H14O3/c1-4-11-8(2)12-7-10-5-6-17-13(10)9(3)14(12)18-15(11)16/h5-7H,4H2,1-3H3. The second-order valence-electron chi connectivity index (χ2n) is 4.56. The van der Waals surface area contributed by atoms with Crippen molar-refractivity contribution in [2.75, 3.05) is 0 Å². The topological polar surface area (TPSA) is 43.4 Å². The van der Waals surface area contributed by atoms with Crippen molar-refractivity contribution in [1.82, 2.24) is 0 Å². The van der Waals surface area contributed by atoms with Crippen LogP contribution in [0.15, 0.2) is 32.0 Å². The highest BCUT2D eigenvalue weighted by molar-refractivity contribution is 5.98. The molecule has 0 bridgehead atoms.